The lowest BCUT2D eigenvalue weighted by Crippen LogP contribution is -2.41. The van der Waals surface area contributed by atoms with E-state index >= 15 is 0 Å². The smallest absolute Gasteiger partial charge is 0.0722 e. The molecule has 0 bridgehead atoms. The standard InChI is InChI=1S/C14H22N2O/c1-11-9-13(5-6-15)3-4-14(11)16-7-8-17-12(2)10-16/h3-4,9,12H,5-8,10,15H2,1-2H3. The first kappa shape index (κ1) is 12.4. The minimum atomic E-state index is 0.326. The van der Waals surface area contributed by atoms with E-state index < -0.39 is 0 Å². The number of hydrogen-bond acceptors (Lipinski definition) is 3. The van der Waals surface area contributed by atoms with Crippen molar-refractivity contribution < 1.29 is 4.74 Å². The van der Waals surface area contributed by atoms with E-state index in [1.54, 1.807) is 0 Å². The van der Waals surface area contributed by atoms with Crippen LogP contribution in [0.25, 0.3) is 0 Å². The third-order valence-corrected chi connectivity index (χ3v) is 3.28. The van der Waals surface area contributed by atoms with Gasteiger partial charge >= 0.3 is 0 Å². The molecule has 1 aromatic carbocycles. The molecule has 1 unspecified atom stereocenters. The van der Waals surface area contributed by atoms with Crippen molar-refractivity contribution in [3.05, 3.63) is 29.3 Å². The Bertz CT molecular complexity index is 378. The molecule has 3 heteroatoms. The second-order valence-corrected chi connectivity index (χ2v) is 4.79. The summed E-state index contributed by atoms with van der Waals surface area (Å²) in [6.45, 7) is 7.82. The van der Waals surface area contributed by atoms with Crippen LogP contribution in [0.15, 0.2) is 18.2 Å². The lowest BCUT2D eigenvalue weighted by atomic mass is 10.1. The van der Waals surface area contributed by atoms with E-state index in [-0.39, 0.29) is 0 Å². The zero-order valence-corrected chi connectivity index (χ0v) is 10.8. The third kappa shape index (κ3) is 2.99. The highest BCUT2D eigenvalue weighted by molar-refractivity contribution is 5.54. The first-order valence-corrected chi connectivity index (χ1v) is 6.37. The molecule has 3 nitrogen and oxygen atoms in total. The summed E-state index contributed by atoms with van der Waals surface area (Å²) in [5.41, 5.74) is 9.58. The summed E-state index contributed by atoms with van der Waals surface area (Å²) in [5.74, 6) is 0. The van der Waals surface area contributed by atoms with Gasteiger partial charge in [0.05, 0.1) is 12.7 Å². The van der Waals surface area contributed by atoms with Crippen LogP contribution in [0.2, 0.25) is 0 Å². The Labute approximate surface area is 104 Å². The molecule has 1 saturated heterocycles. The van der Waals surface area contributed by atoms with E-state index in [1.165, 1.54) is 16.8 Å². The minimum absolute atomic E-state index is 0.326. The first-order valence-electron chi connectivity index (χ1n) is 6.37. The number of hydrogen-bond donors (Lipinski definition) is 1. The SMILES string of the molecule is Cc1cc(CCN)ccc1N1CCOC(C)C1. The maximum absolute atomic E-state index is 5.58. The predicted octanol–water partition coefficient (Wildman–Crippen LogP) is 1.72. The van der Waals surface area contributed by atoms with Gasteiger partial charge in [-0.3, -0.25) is 0 Å². The number of nitrogens with zero attached hydrogens (tertiary/aromatic N) is 1. The van der Waals surface area contributed by atoms with E-state index in [4.69, 9.17) is 10.5 Å². The van der Waals surface area contributed by atoms with E-state index in [2.05, 4.69) is 36.9 Å². The van der Waals surface area contributed by atoms with Crippen LogP contribution in [-0.2, 0) is 11.2 Å². The van der Waals surface area contributed by atoms with E-state index in [9.17, 15) is 0 Å². The molecule has 2 rings (SSSR count). The number of morpholine rings is 1. The number of anilines is 1. The minimum Gasteiger partial charge on any atom is -0.375 e. The summed E-state index contributed by atoms with van der Waals surface area (Å²) in [6, 6.07) is 6.66. The van der Waals surface area contributed by atoms with Gasteiger partial charge in [-0.15, -0.1) is 0 Å². The van der Waals surface area contributed by atoms with Gasteiger partial charge < -0.3 is 15.4 Å². The molecule has 94 valence electrons. The van der Waals surface area contributed by atoms with Crippen molar-refractivity contribution in [2.75, 3.05) is 31.1 Å². The third-order valence-electron chi connectivity index (χ3n) is 3.28. The summed E-state index contributed by atoms with van der Waals surface area (Å²) in [5, 5.41) is 0. The van der Waals surface area contributed by atoms with Gasteiger partial charge in [0.2, 0.25) is 0 Å². The van der Waals surface area contributed by atoms with Crippen molar-refractivity contribution in [1.29, 1.82) is 0 Å². The topological polar surface area (TPSA) is 38.5 Å². The van der Waals surface area contributed by atoms with E-state index in [0.717, 1.165) is 26.1 Å². The number of aryl methyl sites for hydroxylation is 1. The molecule has 0 radical (unpaired) electrons. The quantitative estimate of drug-likeness (QED) is 0.865. The van der Waals surface area contributed by atoms with Crippen LogP contribution in [0.4, 0.5) is 5.69 Å². The maximum Gasteiger partial charge on any atom is 0.0722 e. The van der Waals surface area contributed by atoms with Gasteiger partial charge in [-0.05, 0) is 44.0 Å². The molecule has 17 heavy (non-hydrogen) atoms. The highest BCUT2D eigenvalue weighted by Gasteiger charge is 2.18. The molecule has 1 aliphatic heterocycles. The van der Waals surface area contributed by atoms with Gasteiger partial charge in [-0.2, -0.15) is 0 Å². The van der Waals surface area contributed by atoms with Crippen LogP contribution in [0.1, 0.15) is 18.1 Å². The van der Waals surface area contributed by atoms with Gasteiger partial charge in [-0.1, -0.05) is 12.1 Å². The molecule has 1 aromatic rings. The van der Waals surface area contributed by atoms with Crippen LogP contribution >= 0.6 is 0 Å². The number of rotatable bonds is 3. The molecule has 1 aliphatic rings. The fraction of sp³-hybridized carbons (Fsp3) is 0.571. The van der Waals surface area contributed by atoms with Crippen molar-refractivity contribution in [2.45, 2.75) is 26.4 Å². The molecule has 0 amide bonds. The summed E-state index contributed by atoms with van der Waals surface area (Å²) >= 11 is 0. The Hall–Kier alpha value is -1.06. The van der Waals surface area contributed by atoms with Gasteiger partial charge in [0.15, 0.2) is 0 Å². The summed E-state index contributed by atoms with van der Waals surface area (Å²) in [6.07, 6.45) is 1.28. The Kier molecular flexibility index (Phi) is 4.02. The first-order chi connectivity index (χ1) is 8.20. The lowest BCUT2D eigenvalue weighted by Gasteiger charge is -2.34. The molecular weight excluding hydrogens is 212 g/mol. The maximum atomic E-state index is 5.58. The molecular formula is C14H22N2O. The normalized spacial score (nSPS) is 20.6. The largest absolute Gasteiger partial charge is 0.375 e. The molecule has 1 atom stereocenters. The van der Waals surface area contributed by atoms with Crippen LogP contribution in [-0.4, -0.2) is 32.3 Å². The molecule has 0 spiro atoms. The molecule has 2 N–H and O–H groups in total. The molecule has 1 heterocycles. The van der Waals surface area contributed by atoms with Gasteiger partial charge in [0.1, 0.15) is 0 Å². The Balaban J connectivity index is 2.15. The highest BCUT2D eigenvalue weighted by atomic mass is 16.5. The van der Waals surface area contributed by atoms with Gasteiger partial charge in [-0.25, -0.2) is 0 Å². The summed E-state index contributed by atoms with van der Waals surface area (Å²) < 4.78 is 5.57. The summed E-state index contributed by atoms with van der Waals surface area (Å²) in [4.78, 5) is 2.41. The van der Waals surface area contributed by atoms with Crippen LogP contribution in [0, 0.1) is 6.92 Å². The van der Waals surface area contributed by atoms with Crippen LogP contribution < -0.4 is 10.6 Å². The van der Waals surface area contributed by atoms with E-state index in [0.29, 0.717) is 12.6 Å². The second kappa shape index (κ2) is 5.52. The zero-order chi connectivity index (χ0) is 12.3. The second-order valence-electron chi connectivity index (χ2n) is 4.79. The van der Waals surface area contributed by atoms with Gasteiger partial charge in [0, 0.05) is 18.8 Å². The lowest BCUT2D eigenvalue weighted by molar-refractivity contribution is 0.0532. The van der Waals surface area contributed by atoms with Gasteiger partial charge in [0.25, 0.3) is 0 Å². The zero-order valence-electron chi connectivity index (χ0n) is 10.8. The van der Waals surface area contributed by atoms with Crippen molar-refractivity contribution in [1.82, 2.24) is 0 Å². The Morgan fingerprint density at radius 1 is 1.47 bits per heavy atom. The average Bonchev–Trinajstić information content (AvgIpc) is 2.29. The average molecular weight is 234 g/mol. The monoisotopic (exact) mass is 234 g/mol. The van der Waals surface area contributed by atoms with Crippen molar-refractivity contribution >= 4 is 5.69 Å². The molecule has 0 saturated carbocycles. The van der Waals surface area contributed by atoms with Crippen LogP contribution in [0.5, 0.6) is 0 Å². The van der Waals surface area contributed by atoms with Crippen LogP contribution in [0.3, 0.4) is 0 Å². The fourth-order valence-corrected chi connectivity index (χ4v) is 2.43. The highest BCUT2D eigenvalue weighted by Crippen LogP contribution is 2.23. The molecule has 1 fully saturated rings. The van der Waals surface area contributed by atoms with Crippen molar-refractivity contribution in [3.8, 4) is 0 Å². The molecule has 0 aliphatic carbocycles. The number of benzene rings is 1. The number of ether oxygens (including phenoxy) is 1. The Morgan fingerprint density at radius 3 is 2.94 bits per heavy atom. The van der Waals surface area contributed by atoms with E-state index in [1.807, 2.05) is 0 Å². The summed E-state index contributed by atoms with van der Waals surface area (Å²) in [7, 11) is 0. The van der Waals surface area contributed by atoms with Crippen molar-refractivity contribution in [2.24, 2.45) is 5.73 Å². The predicted molar refractivity (Wildman–Crippen MR) is 71.6 cm³/mol. The molecule has 0 aromatic heterocycles. The van der Waals surface area contributed by atoms with Crippen molar-refractivity contribution in [3.63, 3.8) is 0 Å². The number of nitrogens with two attached hydrogens (primary N) is 1. The fourth-order valence-electron chi connectivity index (χ4n) is 2.43. The Morgan fingerprint density at radius 2 is 2.29 bits per heavy atom.